The monoisotopic (exact) mass is 278 g/mol. The van der Waals surface area contributed by atoms with Crippen LogP contribution in [0.4, 0.5) is 4.79 Å². The van der Waals surface area contributed by atoms with E-state index in [9.17, 15) is 4.79 Å². The van der Waals surface area contributed by atoms with Crippen molar-refractivity contribution >= 4 is 12.1 Å². The Morgan fingerprint density at radius 2 is 2.30 bits per heavy atom. The number of hydrogen-bond acceptors (Lipinski definition) is 5. The molecule has 0 aromatic carbocycles. The maximum absolute atomic E-state index is 12.1. The topological polar surface area (TPSA) is 57.2 Å². The summed E-state index contributed by atoms with van der Waals surface area (Å²) < 4.78 is 5.41. The van der Waals surface area contributed by atoms with Gasteiger partial charge in [0.1, 0.15) is 5.60 Å². The molecule has 20 heavy (non-hydrogen) atoms. The molecule has 6 heteroatoms. The molecule has 0 spiro atoms. The quantitative estimate of drug-likeness (QED) is 0.710. The van der Waals surface area contributed by atoms with Crippen LogP contribution in [0.5, 0.6) is 0 Å². The number of carbonyl (C=O) groups excluding carboxylic acids is 1. The number of terminal acetylenes is 1. The zero-order valence-electron chi connectivity index (χ0n) is 12.3. The summed E-state index contributed by atoms with van der Waals surface area (Å²) in [6.07, 6.45) is 4.99. The van der Waals surface area contributed by atoms with Gasteiger partial charge in [0, 0.05) is 19.6 Å². The Morgan fingerprint density at radius 1 is 1.55 bits per heavy atom. The highest BCUT2D eigenvalue weighted by molar-refractivity contribution is 5.82. The summed E-state index contributed by atoms with van der Waals surface area (Å²) in [4.78, 5) is 20.4. The third-order valence-electron chi connectivity index (χ3n) is 3.21. The van der Waals surface area contributed by atoms with E-state index < -0.39 is 5.60 Å². The molecule has 0 aromatic rings. The maximum Gasteiger partial charge on any atom is 0.410 e. The number of carbonyl (C=O) groups is 1. The van der Waals surface area contributed by atoms with Gasteiger partial charge in [-0.3, -0.25) is 4.99 Å². The van der Waals surface area contributed by atoms with Crippen LogP contribution in [0.25, 0.3) is 0 Å². The van der Waals surface area contributed by atoms with E-state index in [2.05, 4.69) is 21.1 Å². The fourth-order valence-corrected chi connectivity index (χ4v) is 2.35. The second-order valence-corrected chi connectivity index (χ2v) is 6.00. The van der Waals surface area contributed by atoms with E-state index in [0.717, 1.165) is 12.5 Å². The van der Waals surface area contributed by atoms with Gasteiger partial charge in [-0.15, -0.1) is 6.42 Å². The van der Waals surface area contributed by atoms with Gasteiger partial charge in [0.2, 0.25) is 0 Å². The molecule has 0 bridgehead atoms. The number of aliphatic imine (C=N–C) groups is 1. The smallest absolute Gasteiger partial charge is 0.410 e. The van der Waals surface area contributed by atoms with Crippen LogP contribution in [0.3, 0.4) is 0 Å². The van der Waals surface area contributed by atoms with Gasteiger partial charge in [-0.2, -0.15) is 0 Å². The fraction of sp³-hybridized carbons (Fsp3) is 0.714. The SMILES string of the molecule is C#CCNC1=NCC2CN(C(=O)OC(C)(C)C)CCN12. The van der Waals surface area contributed by atoms with Crippen LogP contribution in [0.2, 0.25) is 0 Å². The van der Waals surface area contributed by atoms with Crippen LogP contribution in [0.15, 0.2) is 4.99 Å². The van der Waals surface area contributed by atoms with Crippen LogP contribution in [0, 0.1) is 12.3 Å². The molecule has 0 radical (unpaired) electrons. The normalized spacial score (nSPS) is 21.9. The van der Waals surface area contributed by atoms with Crippen molar-refractivity contribution in [2.24, 2.45) is 4.99 Å². The van der Waals surface area contributed by atoms with Crippen molar-refractivity contribution in [3.8, 4) is 12.3 Å². The summed E-state index contributed by atoms with van der Waals surface area (Å²) >= 11 is 0. The number of fused-ring (bicyclic) bond motifs is 1. The number of amides is 1. The van der Waals surface area contributed by atoms with E-state index >= 15 is 0 Å². The molecule has 2 aliphatic heterocycles. The minimum atomic E-state index is -0.458. The summed E-state index contributed by atoms with van der Waals surface area (Å²) in [5.41, 5.74) is -0.458. The van der Waals surface area contributed by atoms with Crippen LogP contribution in [0.1, 0.15) is 20.8 Å². The molecule has 110 valence electrons. The van der Waals surface area contributed by atoms with Gasteiger partial charge in [-0.05, 0) is 20.8 Å². The number of rotatable bonds is 1. The molecule has 1 saturated heterocycles. The molecule has 0 saturated carbocycles. The second-order valence-electron chi connectivity index (χ2n) is 6.00. The van der Waals surface area contributed by atoms with Crippen molar-refractivity contribution in [1.29, 1.82) is 0 Å². The van der Waals surface area contributed by atoms with Crippen LogP contribution < -0.4 is 5.32 Å². The number of guanidine groups is 1. The van der Waals surface area contributed by atoms with E-state index in [-0.39, 0.29) is 12.1 Å². The lowest BCUT2D eigenvalue weighted by Crippen LogP contribution is -2.57. The highest BCUT2D eigenvalue weighted by Crippen LogP contribution is 2.18. The molecular formula is C14H22N4O2. The first kappa shape index (κ1) is 14.5. The number of piperazine rings is 1. The first-order chi connectivity index (χ1) is 9.40. The van der Waals surface area contributed by atoms with E-state index in [1.54, 1.807) is 4.90 Å². The van der Waals surface area contributed by atoms with E-state index in [1.807, 2.05) is 20.8 Å². The predicted octanol–water partition coefficient (Wildman–Crippen LogP) is 0.500. The van der Waals surface area contributed by atoms with Crippen molar-refractivity contribution in [3.63, 3.8) is 0 Å². The van der Waals surface area contributed by atoms with Crippen LogP contribution >= 0.6 is 0 Å². The Hall–Kier alpha value is -1.90. The Kier molecular flexibility index (Phi) is 4.07. The van der Waals surface area contributed by atoms with Gasteiger partial charge >= 0.3 is 6.09 Å². The van der Waals surface area contributed by atoms with Gasteiger partial charge < -0.3 is 19.9 Å². The molecule has 2 aliphatic rings. The van der Waals surface area contributed by atoms with Crippen LogP contribution in [-0.4, -0.2) is 66.2 Å². The fourth-order valence-electron chi connectivity index (χ4n) is 2.35. The molecule has 1 atom stereocenters. The molecular weight excluding hydrogens is 256 g/mol. The highest BCUT2D eigenvalue weighted by atomic mass is 16.6. The zero-order chi connectivity index (χ0) is 14.8. The molecule has 2 heterocycles. The Bertz CT molecular complexity index is 447. The third kappa shape index (κ3) is 3.35. The first-order valence-electron chi connectivity index (χ1n) is 6.87. The van der Waals surface area contributed by atoms with Gasteiger partial charge in [0.15, 0.2) is 5.96 Å². The van der Waals surface area contributed by atoms with Gasteiger partial charge in [0.25, 0.3) is 0 Å². The standard InChI is InChI=1S/C14H22N4O2/c1-5-6-15-12-16-9-11-10-17(7-8-18(11)12)13(19)20-14(2,3)4/h1,11H,6-10H2,2-4H3,(H,15,16). The number of nitrogens with one attached hydrogen (secondary N) is 1. The van der Waals surface area contributed by atoms with Crippen molar-refractivity contribution in [2.45, 2.75) is 32.4 Å². The number of hydrogen-bond donors (Lipinski definition) is 1. The molecule has 1 amide bonds. The number of ether oxygens (including phenoxy) is 1. The van der Waals surface area contributed by atoms with Crippen molar-refractivity contribution in [2.75, 3.05) is 32.7 Å². The van der Waals surface area contributed by atoms with Gasteiger partial charge in [-0.25, -0.2) is 4.79 Å². The summed E-state index contributed by atoms with van der Waals surface area (Å²) in [5, 5.41) is 3.12. The first-order valence-corrected chi connectivity index (χ1v) is 6.87. The van der Waals surface area contributed by atoms with Crippen molar-refractivity contribution in [1.82, 2.24) is 15.1 Å². The van der Waals surface area contributed by atoms with Crippen molar-refractivity contribution < 1.29 is 9.53 Å². The lowest BCUT2D eigenvalue weighted by molar-refractivity contribution is 0.0137. The molecule has 0 aromatic heterocycles. The molecule has 0 aliphatic carbocycles. The Labute approximate surface area is 120 Å². The Balaban J connectivity index is 1.89. The average Bonchev–Trinajstić information content (AvgIpc) is 2.76. The van der Waals surface area contributed by atoms with E-state index in [1.165, 1.54) is 0 Å². The Morgan fingerprint density at radius 3 is 2.95 bits per heavy atom. The molecule has 1 fully saturated rings. The highest BCUT2D eigenvalue weighted by Gasteiger charge is 2.36. The van der Waals surface area contributed by atoms with Crippen LogP contribution in [-0.2, 0) is 4.74 Å². The minimum Gasteiger partial charge on any atom is -0.444 e. The zero-order valence-corrected chi connectivity index (χ0v) is 12.3. The maximum atomic E-state index is 12.1. The molecule has 2 rings (SSSR count). The lowest BCUT2D eigenvalue weighted by Gasteiger charge is -2.39. The van der Waals surface area contributed by atoms with Gasteiger partial charge in [-0.1, -0.05) is 5.92 Å². The van der Waals surface area contributed by atoms with Crippen molar-refractivity contribution in [3.05, 3.63) is 0 Å². The largest absolute Gasteiger partial charge is 0.444 e. The third-order valence-corrected chi connectivity index (χ3v) is 3.21. The molecule has 1 unspecified atom stereocenters. The van der Waals surface area contributed by atoms with E-state index in [0.29, 0.717) is 26.2 Å². The average molecular weight is 278 g/mol. The van der Waals surface area contributed by atoms with E-state index in [4.69, 9.17) is 11.2 Å². The number of nitrogens with zero attached hydrogens (tertiary/aromatic N) is 3. The summed E-state index contributed by atoms with van der Waals surface area (Å²) in [6.45, 7) is 8.82. The predicted molar refractivity (Wildman–Crippen MR) is 77.4 cm³/mol. The lowest BCUT2D eigenvalue weighted by atomic mass is 10.2. The molecule has 6 nitrogen and oxygen atoms in total. The molecule has 1 N–H and O–H groups in total. The summed E-state index contributed by atoms with van der Waals surface area (Å²) in [6, 6.07) is 0.219. The summed E-state index contributed by atoms with van der Waals surface area (Å²) in [7, 11) is 0. The summed E-state index contributed by atoms with van der Waals surface area (Å²) in [5.74, 6) is 3.38. The second kappa shape index (κ2) is 5.61. The minimum absolute atomic E-state index is 0.219. The van der Waals surface area contributed by atoms with Gasteiger partial charge in [0.05, 0.1) is 19.1 Å².